The highest BCUT2D eigenvalue weighted by Gasteiger charge is 2.29. The summed E-state index contributed by atoms with van der Waals surface area (Å²) in [5, 5.41) is 3.41. The van der Waals surface area contributed by atoms with E-state index in [1.54, 1.807) is 29.2 Å². The maximum absolute atomic E-state index is 13.9. The van der Waals surface area contributed by atoms with Crippen molar-refractivity contribution < 1.29 is 14.0 Å². The van der Waals surface area contributed by atoms with Gasteiger partial charge in [-0.3, -0.25) is 9.59 Å². The summed E-state index contributed by atoms with van der Waals surface area (Å²) in [6.45, 7) is 0.878. The Labute approximate surface area is 160 Å². The van der Waals surface area contributed by atoms with Crippen LogP contribution in [0, 0.1) is 11.7 Å². The summed E-state index contributed by atoms with van der Waals surface area (Å²) in [7, 11) is 0. The smallest absolute Gasteiger partial charge is 0.253 e. The van der Waals surface area contributed by atoms with Gasteiger partial charge in [0.2, 0.25) is 5.91 Å². The number of halogens is 3. The lowest BCUT2D eigenvalue weighted by atomic mass is 9.96. The molecule has 1 aliphatic rings. The summed E-state index contributed by atoms with van der Waals surface area (Å²) in [6.07, 6.45) is 1.35. The molecular formula is C19H17Cl2FN2O2. The molecule has 1 fully saturated rings. The quantitative estimate of drug-likeness (QED) is 0.825. The van der Waals surface area contributed by atoms with Crippen LogP contribution in [0.1, 0.15) is 23.2 Å². The number of benzene rings is 2. The van der Waals surface area contributed by atoms with E-state index < -0.39 is 11.7 Å². The van der Waals surface area contributed by atoms with E-state index in [9.17, 15) is 14.0 Å². The largest absolute Gasteiger partial charge is 0.338 e. The minimum atomic E-state index is -0.587. The molecule has 7 heteroatoms. The molecule has 0 bridgehead atoms. The molecule has 1 heterocycles. The van der Waals surface area contributed by atoms with E-state index in [0.29, 0.717) is 36.5 Å². The van der Waals surface area contributed by atoms with Gasteiger partial charge < -0.3 is 10.2 Å². The predicted octanol–water partition coefficient (Wildman–Crippen LogP) is 4.62. The Morgan fingerprint density at radius 1 is 1.08 bits per heavy atom. The molecule has 3 rings (SSSR count). The number of likely N-dealkylation sites (tertiary alicyclic amines) is 1. The molecule has 1 aliphatic heterocycles. The van der Waals surface area contributed by atoms with Gasteiger partial charge in [-0.2, -0.15) is 0 Å². The van der Waals surface area contributed by atoms with Crippen molar-refractivity contribution in [2.45, 2.75) is 12.8 Å². The summed E-state index contributed by atoms with van der Waals surface area (Å²) < 4.78 is 13.9. The molecule has 26 heavy (non-hydrogen) atoms. The third kappa shape index (κ3) is 4.34. The summed E-state index contributed by atoms with van der Waals surface area (Å²) in [6, 6.07) is 10.7. The number of nitrogens with one attached hydrogen (secondary N) is 1. The number of amides is 2. The maximum atomic E-state index is 13.9. The highest BCUT2D eigenvalue weighted by Crippen LogP contribution is 2.23. The monoisotopic (exact) mass is 394 g/mol. The van der Waals surface area contributed by atoms with Gasteiger partial charge >= 0.3 is 0 Å². The Morgan fingerprint density at radius 3 is 2.46 bits per heavy atom. The van der Waals surface area contributed by atoms with Gasteiger partial charge in [-0.05, 0) is 55.3 Å². The van der Waals surface area contributed by atoms with Crippen molar-refractivity contribution in [3.05, 3.63) is 63.9 Å². The van der Waals surface area contributed by atoms with Gasteiger partial charge in [-0.15, -0.1) is 0 Å². The lowest BCUT2D eigenvalue weighted by Gasteiger charge is -2.32. The van der Waals surface area contributed by atoms with E-state index in [-0.39, 0.29) is 22.5 Å². The highest BCUT2D eigenvalue weighted by molar-refractivity contribution is 6.31. The second kappa shape index (κ2) is 8.06. The summed E-state index contributed by atoms with van der Waals surface area (Å²) in [5.74, 6) is -1.43. The fourth-order valence-electron chi connectivity index (χ4n) is 2.98. The predicted molar refractivity (Wildman–Crippen MR) is 100 cm³/mol. The Bertz CT molecular complexity index is 827. The first-order chi connectivity index (χ1) is 12.4. The number of rotatable bonds is 3. The Kier molecular flexibility index (Phi) is 5.79. The Hall–Kier alpha value is -2.11. The Morgan fingerprint density at radius 2 is 1.77 bits per heavy atom. The second-order valence-corrected chi connectivity index (χ2v) is 7.08. The first-order valence-corrected chi connectivity index (χ1v) is 9.00. The molecule has 0 saturated carbocycles. The molecule has 1 saturated heterocycles. The van der Waals surface area contributed by atoms with Crippen LogP contribution in [0.15, 0.2) is 42.5 Å². The van der Waals surface area contributed by atoms with Gasteiger partial charge in [0, 0.05) is 28.7 Å². The molecule has 0 spiro atoms. The molecule has 2 amide bonds. The van der Waals surface area contributed by atoms with Gasteiger partial charge in [-0.25, -0.2) is 4.39 Å². The fraction of sp³-hybridized carbons (Fsp3) is 0.263. The zero-order chi connectivity index (χ0) is 18.7. The molecule has 1 atom stereocenters. The molecule has 2 aromatic rings. The maximum Gasteiger partial charge on any atom is 0.253 e. The number of carbonyl (C=O) groups is 2. The van der Waals surface area contributed by atoms with Crippen molar-refractivity contribution in [2.24, 2.45) is 5.92 Å². The number of hydrogen-bond acceptors (Lipinski definition) is 2. The molecule has 0 radical (unpaired) electrons. The van der Waals surface area contributed by atoms with Crippen LogP contribution in [0.2, 0.25) is 10.0 Å². The van der Waals surface area contributed by atoms with Crippen molar-refractivity contribution in [3.63, 3.8) is 0 Å². The molecule has 4 nitrogen and oxygen atoms in total. The van der Waals surface area contributed by atoms with E-state index in [4.69, 9.17) is 23.2 Å². The average Bonchev–Trinajstić information content (AvgIpc) is 2.64. The van der Waals surface area contributed by atoms with Gasteiger partial charge in [0.1, 0.15) is 5.82 Å². The van der Waals surface area contributed by atoms with Crippen LogP contribution < -0.4 is 5.32 Å². The van der Waals surface area contributed by atoms with Gasteiger partial charge in [0.15, 0.2) is 0 Å². The van der Waals surface area contributed by atoms with E-state index in [1.165, 1.54) is 12.1 Å². The fourth-order valence-corrected chi connectivity index (χ4v) is 3.26. The summed E-state index contributed by atoms with van der Waals surface area (Å²) in [4.78, 5) is 26.7. The molecule has 1 unspecified atom stereocenters. The number of nitrogens with zero attached hydrogens (tertiary/aromatic N) is 1. The molecule has 0 aromatic heterocycles. The molecule has 136 valence electrons. The number of anilines is 1. The van der Waals surface area contributed by atoms with Crippen molar-refractivity contribution in [3.8, 4) is 0 Å². The van der Waals surface area contributed by atoms with Crippen LogP contribution in [0.25, 0.3) is 0 Å². The standard InChI is InChI=1S/C19H17Cl2FN2O2/c20-14-5-3-12(4-6-14)19(26)24-9-1-2-13(11-24)18(25)23-17-8-7-15(21)10-16(17)22/h3-8,10,13H,1-2,9,11H2,(H,23,25). The molecular weight excluding hydrogens is 378 g/mol. The molecule has 2 aromatic carbocycles. The topological polar surface area (TPSA) is 49.4 Å². The third-order valence-corrected chi connectivity index (χ3v) is 4.85. The minimum Gasteiger partial charge on any atom is -0.338 e. The van der Waals surface area contributed by atoms with E-state index in [2.05, 4.69) is 5.32 Å². The number of hydrogen-bond donors (Lipinski definition) is 1. The van der Waals surface area contributed by atoms with E-state index in [1.807, 2.05) is 0 Å². The van der Waals surface area contributed by atoms with Gasteiger partial charge in [0.25, 0.3) is 5.91 Å². The van der Waals surface area contributed by atoms with Crippen molar-refractivity contribution in [1.29, 1.82) is 0 Å². The highest BCUT2D eigenvalue weighted by atomic mass is 35.5. The average molecular weight is 395 g/mol. The first-order valence-electron chi connectivity index (χ1n) is 8.25. The number of piperidine rings is 1. The first kappa shape index (κ1) is 18.7. The molecule has 1 N–H and O–H groups in total. The van der Waals surface area contributed by atoms with Gasteiger partial charge in [-0.1, -0.05) is 23.2 Å². The SMILES string of the molecule is O=C(Nc1ccc(Cl)cc1F)C1CCCN(C(=O)c2ccc(Cl)cc2)C1. The van der Waals surface area contributed by atoms with Crippen LogP contribution in [-0.2, 0) is 4.79 Å². The van der Waals surface area contributed by atoms with Crippen LogP contribution in [0.4, 0.5) is 10.1 Å². The Balaban J connectivity index is 1.66. The summed E-state index contributed by atoms with van der Waals surface area (Å²) in [5.41, 5.74) is 0.611. The molecule has 0 aliphatic carbocycles. The van der Waals surface area contributed by atoms with Crippen molar-refractivity contribution in [2.75, 3.05) is 18.4 Å². The van der Waals surface area contributed by atoms with Crippen LogP contribution >= 0.6 is 23.2 Å². The third-order valence-electron chi connectivity index (χ3n) is 4.36. The van der Waals surface area contributed by atoms with Crippen molar-refractivity contribution >= 4 is 40.7 Å². The minimum absolute atomic E-state index is 0.0838. The zero-order valence-corrected chi connectivity index (χ0v) is 15.4. The zero-order valence-electron chi connectivity index (χ0n) is 13.8. The van der Waals surface area contributed by atoms with Crippen LogP contribution in [0.3, 0.4) is 0 Å². The van der Waals surface area contributed by atoms with Crippen LogP contribution in [-0.4, -0.2) is 29.8 Å². The lowest BCUT2D eigenvalue weighted by molar-refractivity contribution is -0.121. The lowest BCUT2D eigenvalue weighted by Crippen LogP contribution is -2.43. The van der Waals surface area contributed by atoms with Crippen molar-refractivity contribution in [1.82, 2.24) is 4.90 Å². The normalized spacial score (nSPS) is 17.0. The summed E-state index contributed by atoms with van der Waals surface area (Å²) >= 11 is 11.6. The number of carbonyl (C=O) groups excluding carboxylic acids is 2. The van der Waals surface area contributed by atoms with Gasteiger partial charge in [0.05, 0.1) is 11.6 Å². The van der Waals surface area contributed by atoms with E-state index >= 15 is 0 Å². The van der Waals surface area contributed by atoms with Crippen LogP contribution in [0.5, 0.6) is 0 Å². The second-order valence-electron chi connectivity index (χ2n) is 6.21. The van der Waals surface area contributed by atoms with E-state index in [0.717, 1.165) is 6.07 Å².